The molecule has 0 saturated heterocycles. The van der Waals surface area contributed by atoms with Crippen molar-refractivity contribution in [3.05, 3.63) is 53.6 Å². The smallest absolute Gasteiger partial charge is 0.168 e. The first kappa shape index (κ1) is 18.5. The van der Waals surface area contributed by atoms with Gasteiger partial charge in [0.2, 0.25) is 0 Å². The highest BCUT2D eigenvalue weighted by atomic mass is 16.5. The number of nitrogens with two attached hydrogens (primary N) is 1. The largest absolute Gasteiger partial charge is 0.453 e. The maximum atomic E-state index is 9.25. The Balaban J connectivity index is 1.99. The molecule has 1 aromatic carbocycles. The zero-order valence-corrected chi connectivity index (χ0v) is 15.7. The van der Waals surface area contributed by atoms with Gasteiger partial charge < -0.3 is 10.5 Å². The van der Waals surface area contributed by atoms with E-state index >= 15 is 0 Å². The number of hydrogen-bond donors (Lipinski definition) is 1. The minimum Gasteiger partial charge on any atom is -0.453 e. The van der Waals surface area contributed by atoms with Gasteiger partial charge in [0.05, 0.1) is 29.1 Å². The van der Waals surface area contributed by atoms with Gasteiger partial charge in [0.1, 0.15) is 5.75 Å². The molecule has 0 aliphatic heterocycles. The van der Waals surface area contributed by atoms with E-state index in [9.17, 15) is 5.26 Å². The van der Waals surface area contributed by atoms with Gasteiger partial charge in [-0.15, -0.1) is 0 Å². The fourth-order valence-corrected chi connectivity index (χ4v) is 2.64. The van der Waals surface area contributed by atoms with Crippen molar-refractivity contribution < 1.29 is 4.74 Å². The summed E-state index contributed by atoms with van der Waals surface area (Å²) in [5.74, 6) is 2.15. The molecule has 7 heteroatoms. The molecule has 0 saturated carbocycles. The second-order valence-electron chi connectivity index (χ2n) is 6.71. The number of benzene rings is 1. The molecular weight excluding hydrogens is 340 g/mol. The van der Waals surface area contributed by atoms with Crippen LogP contribution in [0.25, 0.3) is 11.4 Å². The van der Waals surface area contributed by atoms with E-state index in [1.54, 1.807) is 36.8 Å². The van der Waals surface area contributed by atoms with E-state index in [2.05, 4.69) is 35.0 Å². The number of nitrogens with zero attached hydrogens (tertiary/aromatic N) is 5. The molecule has 27 heavy (non-hydrogen) atoms. The maximum Gasteiger partial charge on any atom is 0.168 e. The quantitative estimate of drug-likeness (QED) is 0.720. The molecule has 0 spiro atoms. The van der Waals surface area contributed by atoms with Crippen molar-refractivity contribution in [2.24, 2.45) is 11.7 Å². The summed E-state index contributed by atoms with van der Waals surface area (Å²) < 4.78 is 8.03. The standard InChI is InChI=1S/C20H22N6O/c1-13(2)12-26-14(3)19(11-25-26)27-18-6-15(7-21)4-5-17(18)20-23-9-16(8-22)10-24-20/h4-6,9-11,13H,8,12,22H2,1-3H3. The molecule has 0 radical (unpaired) electrons. The molecule has 7 nitrogen and oxygen atoms in total. The highest BCUT2D eigenvalue weighted by molar-refractivity contribution is 5.66. The Morgan fingerprint density at radius 2 is 1.93 bits per heavy atom. The molecule has 3 rings (SSSR count). The predicted octanol–water partition coefficient (Wildman–Crippen LogP) is 3.43. The van der Waals surface area contributed by atoms with Crippen LogP contribution >= 0.6 is 0 Å². The van der Waals surface area contributed by atoms with Crippen LogP contribution in [0.3, 0.4) is 0 Å². The number of hydrogen-bond acceptors (Lipinski definition) is 6. The minimum absolute atomic E-state index is 0.380. The van der Waals surface area contributed by atoms with Crippen molar-refractivity contribution in [3.63, 3.8) is 0 Å². The Hall–Kier alpha value is -3.24. The molecule has 0 unspecified atom stereocenters. The molecule has 0 bridgehead atoms. The minimum atomic E-state index is 0.380. The summed E-state index contributed by atoms with van der Waals surface area (Å²) in [6.45, 7) is 7.43. The Labute approximate surface area is 158 Å². The van der Waals surface area contributed by atoms with E-state index in [4.69, 9.17) is 10.5 Å². The summed E-state index contributed by atoms with van der Waals surface area (Å²) in [6, 6.07) is 7.34. The van der Waals surface area contributed by atoms with Gasteiger partial charge in [-0.25, -0.2) is 9.97 Å². The van der Waals surface area contributed by atoms with Crippen LogP contribution in [-0.2, 0) is 13.1 Å². The molecule has 0 aliphatic rings. The zero-order chi connectivity index (χ0) is 19.4. The average molecular weight is 362 g/mol. The summed E-state index contributed by atoms with van der Waals surface area (Å²) in [4.78, 5) is 8.74. The average Bonchev–Trinajstić information content (AvgIpc) is 3.01. The number of nitriles is 1. The number of ether oxygens (including phenoxy) is 1. The van der Waals surface area contributed by atoms with Crippen LogP contribution in [0, 0.1) is 24.2 Å². The van der Waals surface area contributed by atoms with Gasteiger partial charge in [-0.2, -0.15) is 10.4 Å². The van der Waals surface area contributed by atoms with Gasteiger partial charge in [-0.3, -0.25) is 4.68 Å². The van der Waals surface area contributed by atoms with E-state index in [0.29, 0.717) is 40.9 Å². The first-order valence-corrected chi connectivity index (χ1v) is 8.77. The summed E-state index contributed by atoms with van der Waals surface area (Å²) in [5.41, 5.74) is 8.59. The molecule has 0 fully saturated rings. The fraction of sp³-hybridized carbons (Fsp3) is 0.300. The Morgan fingerprint density at radius 1 is 1.19 bits per heavy atom. The van der Waals surface area contributed by atoms with Crippen molar-refractivity contribution in [2.45, 2.75) is 33.9 Å². The molecule has 2 aromatic heterocycles. The molecular formula is C20H22N6O. The lowest BCUT2D eigenvalue weighted by molar-refractivity contribution is 0.457. The van der Waals surface area contributed by atoms with E-state index < -0.39 is 0 Å². The highest BCUT2D eigenvalue weighted by Gasteiger charge is 2.15. The zero-order valence-electron chi connectivity index (χ0n) is 15.7. The van der Waals surface area contributed by atoms with Gasteiger partial charge >= 0.3 is 0 Å². The van der Waals surface area contributed by atoms with Crippen molar-refractivity contribution in [3.8, 4) is 29.0 Å². The lowest BCUT2D eigenvalue weighted by Gasteiger charge is -2.12. The van der Waals surface area contributed by atoms with Crippen molar-refractivity contribution in [1.82, 2.24) is 19.7 Å². The maximum absolute atomic E-state index is 9.25. The van der Waals surface area contributed by atoms with Gasteiger partial charge in [-0.1, -0.05) is 13.8 Å². The van der Waals surface area contributed by atoms with Crippen molar-refractivity contribution in [2.75, 3.05) is 0 Å². The molecule has 2 N–H and O–H groups in total. The van der Waals surface area contributed by atoms with Gasteiger partial charge in [0.25, 0.3) is 0 Å². The predicted molar refractivity (Wildman–Crippen MR) is 102 cm³/mol. The molecule has 138 valence electrons. The second-order valence-corrected chi connectivity index (χ2v) is 6.71. The third-order valence-corrected chi connectivity index (χ3v) is 4.11. The first-order chi connectivity index (χ1) is 13.0. The summed E-state index contributed by atoms with van der Waals surface area (Å²) in [7, 11) is 0. The van der Waals surface area contributed by atoms with Gasteiger partial charge in [0, 0.05) is 31.0 Å². The molecule has 2 heterocycles. The third kappa shape index (κ3) is 4.13. The fourth-order valence-electron chi connectivity index (χ4n) is 2.64. The molecule has 3 aromatic rings. The topological polar surface area (TPSA) is 103 Å². The monoisotopic (exact) mass is 362 g/mol. The Bertz CT molecular complexity index is 969. The van der Waals surface area contributed by atoms with E-state index in [-0.39, 0.29) is 0 Å². The second kappa shape index (κ2) is 7.98. The summed E-state index contributed by atoms with van der Waals surface area (Å²) in [5, 5.41) is 13.6. The summed E-state index contributed by atoms with van der Waals surface area (Å²) >= 11 is 0. The lowest BCUT2D eigenvalue weighted by atomic mass is 10.1. The normalized spacial score (nSPS) is 10.8. The first-order valence-electron chi connectivity index (χ1n) is 8.77. The van der Waals surface area contributed by atoms with Crippen LogP contribution in [0.1, 0.15) is 30.7 Å². The van der Waals surface area contributed by atoms with Gasteiger partial charge in [0.15, 0.2) is 11.6 Å². The van der Waals surface area contributed by atoms with Crippen molar-refractivity contribution >= 4 is 0 Å². The van der Waals surface area contributed by atoms with Gasteiger partial charge in [-0.05, 0) is 31.0 Å². The Kier molecular flexibility index (Phi) is 5.48. The highest BCUT2D eigenvalue weighted by Crippen LogP contribution is 2.33. The van der Waals surface area contributed by atoms with Crippen LogP contribution in [0.15, 0.2) is 36.8 Å². The molecule has 0 atom stereocenters. The van der Waals surface area contributed by atoms with Crippen LogP contribution in [-0.4, -0.2) is 19.7 Å². The van der Waals surface area contributed by atoms with Crippen LogP contribution in [0.2, 0.25) is 0 Å². The number of rotatable bonds is 6. The molecule has 0 aliphatic carbocycles. The number of aromatic nitrogens is 4. The summed E-state index contributed by atoms with van der Waals surface area (Å²) in [6.07, 6.45) is 5.07. The van der Waals surface area contributed by atoms with E-state index in [1.165, 1.54) is 0 Å². The Morgan fingerprint density at radius 3 is 2.56 bits per heavy atom. The van der Waals surface area contributed by atoms with Crippen LogP contribution < -0.4 is 10.5 Å². The van der Waals surface area contributed by atoms with E-state index in [1.807, 2.05) is 11.6 Å². The van der Waals surface area contributed by atoms with Crippen LogP contribution in [0.5, 0.6) is 11.5 Å². The van der Waals surface area contributed by atoms with Crippen molar-refractivity contribution in [1.29, 1.82) is 5.26 Å². The third-order valence-electron chi connectivity index (χ3n) is 4.11. The molecule has 0 amide bonds. The van der Waals surface area contributed by atoms with Crippen LogP contribution in [0.4, 0.5) is 0 Å². The van der Waals surface area contributed by atoms with E-state index in [0.717, 1.165) is 17.8 Å². The SMILES string of the molecule is Cc1c(Oc2cc(C#N)ccc2-c2ncc(CN)cn2)cnn1CC(C)C. The lowest BCUT2D eigenvalue weighted by Crippen LogP contribution is -2.07.